The number of hydrogen-bond donors (Lipinski definition) is 3. The smallest absolute Gasteiger partial charge is 0.475 e. The molecule has 0 atom stereocenters. The number of halogens is 4. The summed E-state index contributed by atoms with van der Waals surface area (Å²) in [5, 5.41) is 19.2. The van der Waals surface area contributed by atoms with E-state index >= 15 is 0 Å². The van der Waals surface area contributed by atoms with Crippen LogP contribution in [0.2, 0.25) is 0 Å². The summed E-state index contributed by atoms with van der Waals surface area (Å²) in [5.41, 5.74) is 4.77. The zero-order valence-corrected chi connectivity index (χ0v) is 16.9. The molecule has 0 aliphatic heterocycles. The number of rotatable bonds is 5. The van der Waals surface area contributed by atoms with Crippen LogP contribution in [0.15, 0.2) is 34.8 Å². The van der Waals surface area contributed by atoms with Gasteiger partial charge in [0.2, 0.25) is 0 Å². The number of carboxylic acids is 1. The highest BCUT2D eigenvalue weighted by Crippen LogP contribution is 2.22. The maximum atomic E-state index is 10.6. The van der Waals surface area contributed by atoms with Gasteiger partial charge in [0.15, 0.2) is 0 Å². The van der Waals surface area contributed by atoms with Gasteiger partial charge in [0, 0.05) is 41.5 Å². The lowest BCUT2D eigenvalue weighted by Crippen LogP contribution is -2.21. The van der Waals surface area contributed by atoms with Gasteiger partial charge in [-0.15, -0.1) is 0 Å². The summed E-state index contributed by atoms with van der Waals surface area (Å²) < 4.78 is 35.1. The maximum absolute atomic E-state index is 10.6. The summed E-state index contributed by atoms with van der Waals surface area (Å²) in [7, 11) is 2.11. The predicted octanol–water partition coefficient (Wildman–Crippen LogP) is 4.15. The first-order valence-corrected chi connectivity index (χ1v) is 9.19. The van der Waals surface area contributed by atoms with Crippen molar-refractivity contribution in [2.24, 2.45) is 7.05 Å². The number of hydrogen-bond acceptors (Lipinski definition) is 3. The van der Waals surface area contributed by atoms with Crippen molar-refractivity contribution in [3.05, 3.63) is 51.9 Å². The van der Waals surface area contributed by atoms with Gasteiger partial charge in [0.05, 0.1) is 5.69 Å². The van der Waals surface area contributed by atoms with E-state index in [-0.39, 0.29) is 0 Å². The molecule has 0 bridgehead atoms. The standard InChI is InChI=1S/C16H19BrN4.C2HF3O2/c1-3-13-8-14(20-19-13)9-18-10-15-6-11-4-5-12(17)7-16(11)21(15)2;3-2(4,5)1(6)7/h4-8,18H,3,9-10H2,1-2H3,(H,19,20);(H,6,7). The largest absolute Gasteiger partial charge is 0.490 e. The molecule has 3 rings (SSSR count). The number of alkyl halides is 3. The zero-order valence-electron chi connectivity index (χ0n) is 15.3. The molecule has 152 valence electrons. The van der Waals surface area contributed by atoms with Crippen molar-refractivity contribution in [3.63, 3.8) is 0 Å². The van der Waals surface area contributed by atoms with Crippen molar-refractivity contribution in [3.8, 4) is 0 Å². The van der Waals surface area contributed by atoms with Gasteiger partial charge in [0.25, 0.3) is 0 Å². The number of aromatic amines is 1. The van der Waals surface area contributed by atoms with Crippen molar-refractivity contribution in [2.45, 2.75) is 32.6 Å². The number of H-pyrrole nitrogens is 1. The maximum Gasteiger partial charge on any atom is 0.490 e. The third kappa shape index (κ3) is 5.83. The molecule has 0 saturated heterocycles. The quantitative estimate of drug-likeness (QED) is 0.533. The Morgan fingerprint density at radius 3 is 2.54 bits per heavy atom. The lowest BCUT2D eigenvalue weighted by atomic mass is 10.2. The first kappa shape index (κ1) is 22.0. The number of carbonyl (C=O) groups is 1. The van der Waals surface area contributed by atoms with Crippen molar-refractivity contribution in [1.29, 1.82) is 0 Å². The Morgan fingerprint density at radius 2 is 1.96 bits per heavy atom. The molecule has 0 aliphatic carbocycles. The SMILES string of the molecule is CCc1cc(CNCc2cc3ccc(Br)cc3n2C)[nH]n1.O=C(O)C(F)(F)F. The van der Waals surface area contributed by atoms with E-state index in [0.29, 0.717) is 0 Å². The van der Waals surface area contributed by atoms with Crippen molar-refractivity contribution < 1.29 is 23.1 Å². The molecule has 0 aliphatic rings. The second-order valence-corrected chi connectivity index (χ2v) is 6.96. The highest BCUT2D eigenvalue weighted by molar-refractivity contribution is 9.10. The Bertz CT molecular complexity index is 950. The number of benzene rings is 1. The number of fused-ring (bicyclic) bond motifs is 1. The number of carboxylic acid groups (broad SMARTS) is 1. The second-order valence-electron chi connectivity index (χ2n) is 6.04. The summed E-state index contributed by atoms with van der Waals surface area (Å²) >= 11 is 3.53. The minimum absolute atomic E-state index is 0.804. The number of aromatic nitrogens is 3. The van der Waals surface area contributed by atoms with Crippen LogP contribution >= 0.6 is 15.9 Å². The number of nitrogens with one attached hydrogen (secondary N) is 2. The van der Waals surface area contributed by atoms with Gasteiger partial charge < -0.3 is 15.0 Å². The zero-order chi connectivity index (χ0) is 20.9. The molecule has 0 radical (unpaired) electrons. The van der Waals surface area contributed by atoms with Crippen molar-refractivity contribution in [2.75, 3.05) is 0 Å². The van der Waals surface area contributed by atoms with Gasteiger partial charge in [0.1, 0.15) is 0 Å². The third-order valence-corrected chi connectivity index (χ3v) is 4.51. The molecule has 28 heavy (non-hydrogen) atoms. The van der Waals surface area contributed by atoms with E-state index in [1.807, 2.05) is 0 Å². The van der Waals surface area contributed by atoms with E-state index < -0.39 is 12.1 Å². The molecule has 0 unspecified atom stereocenters. The molecule has 3 aromatic rings. The van der Waals surface area contributed by atoms with E-state index in [0.717, 1.165) is 35.4 Å². The predicted molar refractivity (Wildman–Crippen MR) is 103 cm³/mol. The van der Waals surface area contributed by atoms with Crippen LogP contribution in [-0.2, 0) is 31.4 Å². The Hall–Kier alpha value is -2.33. The summed E-state index contributed by atoms with van der Waals surface area (Å²) in [4.78, 5) is 8.90. The van der Waals surface area contributed by atoms with E-state index in [1.165, 1.54) is 16.6 Å². The Labute approximate surface area is 167 Å². The number of aryl methyl sites for hydroxylation is 2. The molecule has 6 nitrogen and oxygen atoms in total. The highest BCUT2D eigenvalue weighted by Gasteiger charge is 2.38. The summed E-state index contributed by atoms with van der Waals surface area (Å²) in [6, 6.07) is 10.7. The molecular formula is C18H20BrF3N4O2. The van der Waals surface area contributed by atoms with E-state index in [2.05, 4.69) is 80.3 Å². The van der Waals surface area contributed by atoms with E-state index in [9.17, 15) is 13.2 Å². The van der Waals surface area contributed by atoms with Crippen LogP contribution in [0.3, 0.4) is 0 Å². The molecule has 3 N–H and O–H groups in total. The van der Waals surface area contributed by atoms with Gasteiger partial charge >= 0.3 is 12.1 Å². The van der Waals surface area contributed by atoms with Crippen LogP contribution < -0.4 is 5.32 Å². The molecule has 10 heteroatoms. The average Bonchev–Trinajstić information content (AvgIpc) is 3.20. The van der Waals surface area contributed by atoms with Crippen LogP contribution in [0.5, 0.6) is 0 Å². The molecule has 2 heterocycles. The third-order valence-electron chi connectivity index (χ3n) is 4.02. The van der Waals surface area contributed by atoms with Gasteiger partial charge in [-0.2, -0.15) is 18.3 Å². The van der Waals surface area contributed by atoms with Gasteiger partial charge in [-0.25, -0.2) is 4.79 Å². The van der Waals surface area contributed by atoms with Crippen LogP contribution in [0.1, 0.15) is 24.0 Å². The fraction of sp³-hybridized carbons (Fsp3) is 0.333. The summed E-state index contributed by atoms with van der Waals surface area (Å²) in [5.74, 6) is -2.76. The van der Waals surface area contributed by atoms with Crippen LogP contribution in [0, 0.1) is 0 Å². The summed E-state index contributed by atoms with van der Waals surface area (Å²) in [6.45, 7) is 3.75. The van der Waals surface area contributed by atoms with E-state index in [1.54, 1.807) is 0 Å². The molecular weight excluding hydrogens is 441 g/mol. The van der Waals surface area contributed by atoms with Crippen molar-refractivity contribution in [1.82, 2.24) is 20.1 Å². The Morgan fingerprint density at radius 1 is 1.29 bits per heavy atom. The molecule has 1 aromatic carbocycles. The molecule has 2 aromatic heterocycles. The molecule has 0 saturated carbocycles. The first-order chi connectivity index (χ1) is 13.1. The lowest BCUT2D eigenvalue weighted by molar-refractivity contribution is -0.192. The number of aliphatic carboxylic acids is 1. The fourth-order valence-electron chi connectivity index (χ4n) is 2.54. The van der Waals surface area contributed by atoms with Crippen LogP contribution in [0.4, 0.5) is 13.2 Å². The van der Waals surface area contributed by atoms with Gasteiger partial charge in [-0.1, -0.05) is 28.9 Å². The molecule has 0 amide bonds. The van der Waals surface area contributed by atoms with Crippen LogP contribution in [0.25, 0.3) is 10.9 Å². The summed E-state index contributed by atoms with van der Waals surface area (Å²) in [6.07, 6.45) is -4.12. The fourth-order valence-corrected chi connectivity index (χ4v) is 2.89. The van der Waals surface area contributed by atoms with Crippen molar-refractivity contribution >= 4 is 32.8 Å². The Balaban J connectivity index is 0.000000345. The highest BCUT2D eigenvalue weighted by atomic mass is 79.9. The Kier molecular flexibility index (Phi) is 7.25. The van der Waals surface area contributed by atoms with Crippen LogP contribution in [-0.4, -0.2) is 32.0 Å². The van der Waals surface area contributed by atoms with Gasteiger partial charge in [-0.05, 0) is 36.1 Å². The second kappa shape index (κ2) is 9.24. The monoisotopic (exact) mass is 460 g/mol. The lowest BCUT2D eigenvalue weighted by Gasteiger charge is -2.05. The first-order valence-electron chi connectivity index (χ1n) is 8.39. The molecule has 0 spiro atoms. The molecule has 0 fully saturated rings. The van der Waals surface area contributed by atoms with Gasteiger partial charge in [-0.3, -0.25) is 5.10 Å². The van der Waals surface area contributed by atoms with E-state index in [4.69, 9.17) is 9.90 Å². The minimum Gasteiger partial charge on any atom is -0.475 e. The average molecular weight is 461 g/mol. The number of nitrogens with zero attached hydrogens (tertiary/aromatic N) is 2. The topological polar surface area (TPSA) is 82.9 Å². The normalized spacial score (nSPS) is 11.4. The minimum atomic E-state index is -5.08.